The largest absolute Gasteiger partial charge is 0.480 e. The molecule has 1 N–H and O–H groups in total. The van der Waals surface area contributed by atoms with Gasteiger partial charge in [0, 0.05) is 0 Å². The first-order valence-corrected chi connectivity index (χ1v) is 7.09. The van der Waals surface area contributed by atoms with Crippen molar-refractivity contribution in [3.8, 4) is 0 Å². The first-order valence-electron chi connectivity index (χ1n) is 4.62. The number of aliphatic carboxylic acids is 1. The van der Waals surface area contributed by atoms with E-state index >= 15 is 0 Å². The maximum atomic E-state index is 11.7. The van der Waals surface area contributed by atoms with E-state index in [-0.39, 0.29) is 10.8 Å². The Labute approximate surface area is 109 Å². The van der Waals surface area contributed by atoms with Crippen LogP contribution in [0.25, 0.3) is 0 Å². The highest BCUT2D eigenvalue weighted by atomic mass is 35.5. The molecule has 7 heteroatoms. The fraction of sp³-hybridized carbons (Fsp3) is 0.300. The third kappa shape index (κ3) is 3.59. The Hall–Kier alpha value is -0.780. The monoisotopic (exact) mass is 296 g/mol. The second-order valence-electron chi connectivity index (χ2n) is 3.54. The fourth-order valence-corrected chi connectivity index (χ4v) is 2.66. The van der Waals surface area contributed by atoms with Crippen LogP contribution in [-0.4, -0.2) is 24.7 Å². The molecule has 0 saturated heterocycles. The Kier molecular flexibility index (Phi) is 4.41. The summed E-state index contributed by atoms with van der Waals surface area (Å²) in [5, 5.41) is 7.78. The molecule has 4 nitrogen and oxygen atoms in total. The van der Waals surface area contributed by atoms with Crippen LogP contribution in [0.1, 0.15) is 12.5 Å². The van der Waals surface area contributed by atoms with Crippen molar-refractivity contribution >= 4 is 39.0 Å². The molecule has 0 aliphatic carbocycles. The molecule has 0 heterocycles. The average Bonchev–Trinajstić information content (AvgIpc) is 2.22. The van der Waals surface area contributed by atoms with E-state index in [1.165, 1.54) is 18.2 Å². The molecule has 0 fully saturated rings. The molecule has 1 aromatic rings. The van der Waals surface area contributed by atoms with Gasteiger partial charge in [-0.2, -0.15) is 0 Å². The van der Waals surface area contributed by atoms with E-state index in [2.05, 4.69) is 0 Å². The van der Waals surface area contributed by atoms with Gasteiger partial charge in [-0.1, -0.05) is 29.3 Å². The fourth-order valence-electron chi connectivity index (χ4n) is 1.14. The van der Waals surface area contributed by atoms with Crippen molar-refractivity contribution in [2.75, 3.05) is 0 Å². The number of rotatable bonds is 4. The van der Waals surface area contributed by atoms with E-state index in [0.717, 1.165) is 6.92 Å². The number of carbonyl (C=O) groups is 1. The highest BCUT2D eigenvalue weighted by Gasteiger charge is 2.27. The third-order valence-electron chi connectivity index (χ3n) is 2.24. The van der Waals surface area contributed by atoms with Gasteiger partial charge in [-0.3, -0.25) is 4.79 Å². The Morgan fingerprint density at radius 2 is 1.94 bits per heavy atom. The van der Waals surface area contributed by atoms with Crippen molar-refractivity contribution in [2.45, 2.75) is 17.9 Å². The Morgan fingerprint density at radius 1 is 1.35 bits per heavy atom. The lowest BCUT2D eigenvalue weighted by atomic mass is 10.2. The number of hydrogen-bond acceptors (Lipinski definition) is 3. The molecular formula is C10H10Cl2O4S. The molecule has 0 radical (unpaired) electrons. The van der Waals surface area contributed by atoms with Crippen LogP contribution in [0.4, 0.5) is 0 Å². The maximum absolute atomic E-state index is 11.7. The summed E-state index contributed by atoms with van der Waals surface area (Å²) in [7, 11) is -3.74. The molecule has 1 unspecified atom stereocenters. The zero-order valence-corrected chi connectivity index (χ0v) is 11.2. The van der Waals surface area contributed by atoms with Crippen molar-refractivity contribution in [3.05, 3.63) is 33.8 Å². The van der Waals surface area contributed by atoms with Crippen molar-refractivity contribution in [2.24, 2.45) is 0 Å². The molecule has 0 saturated carbocycles. The van der Waals surface area contributed by atoms with Crippen LogP contribution in [0.15, 0.2) is 18.2 Å². The predicted molar refractivity (Wildman–Crippen MR) is 66.2 cm³/mol. The Morgan fingerprint density at radius 3 is 2.41 bits per heavy atom. The third-order valence-corrected chi connectivity index (χ3v) is 4.99. The summed E-state index contributed by atoms with van der Waals surface area (Å²) in [5.41, 5.74) is 0.410. The molecule has 0 amide bonds. The molecule has 0 bridgehead atoms. The van der Waals surface area contributed by atoms with Crippen molar-refractivity contribution in [1.29, 1.82) is 0 Å². The molecule has 94 valence electrons. The van der Waals surface area contributed by atoms with Gasteiger partial charge in [-0.05, 0) is 24.6 Å². The van der Waals surface area contributed by atoms with Crippen molar-refractivity contribution in [1.82, 2.24) is 0 Å². The first-order chi connectivity index (χ1) is 7.74. The summed E-state index contributed by atoms with van der Waals surface area (Å²) in [6.45, 7) is 1.13. The molecule has 0 aliphatic heterocycles. The number of halogens is 2. The number of carboxylic acids is 1. The van der Waals surface area contributed by atoms with Gasteiger partial charge in [0.05, 0.1) is 15.8 Å². The van der Waals surface area contributed by atoms with Gasteiger partial charge in [0.2, 0.25) is 0 Å². The second kappa shape index (κ2) is 5.25. The van der Waals surface area contributed by atoms with Gasteiger partial charge >= 0.3 is 5.97 Å². The van der Waals surface area contributed by atoms with Crippen molar-refractivity contribution in [3.63, 3.8) is 0 Å². The molecule has 0 spiro atoms. The summed E-state index contributed by atoms with van der Waals surface area (Å²) in [5.74, 6) is -1.75. The highest BCUT2D eigenvalue weighted by Crippen LogP contribution is 2.24. The van der Waals surface area contributed by atoms with Crippen LogP contribution in [0, 0.1) is 0 Å². The summed E-state index contributed by atoms with van der Waals surface area (Å²) in [4.78, 5) is 10.6. The topological polar surface area (TPSA) is 71.4 Å². The van der Waals surface area contributed by atoms with E-state index in [4.69, 9.17) is 28.3 Å². The summed E-state index contributed by atoms with van der Waals surface area (Å²) < 4.78 is 23.4. The quantitative estimate of drug-likeness (QED) is 0.926. The first kappa shape index (κ1) is 14.3. The predicted octanol–water partition coefficient (Wildman–Crippen LogP) is 2.38. The standard InChI is InChI=1S/C10H10Cl2O4S/c1-6(10(13)14)17(15,16)5-7-2-3-8(11)9(12)4-7/h2-4,6H,5H2,1H3,(H,13,14). The van der Waals surface area contributed by atoms with Crippen molar-refractivity contribution < 1.29 is 18.3 Å². The van der Waals surface area contributed by atoms with Crippen LogP contribution in [-0.2, 0) is 20.4 Å². The number of hydrogen-bond donors (Lipinski definition) is 1. The van der Waals surface area contributed by atoms with Gasteiger partial charge < -0.3 is 5.11 Å². The smallest absolute Gasteiger partial charge is 0.321 e. The SMILES string of the molecule is CC(C(=O)O)S(=O)(=O)Cc1ccc(Cl)c(Cl)c1. The Bertz CT molecular complexity index is 539. The number of carboxylic acid groups (broad SMARTS) is 1. The highest BCUT2D eigenvalue weighted by molar-refractivity contribution is 7.91. The average molecular weight is 297 g/mol. The van der Waals surface area contributed by atoms with Gasteiger partial charge in [0.1, 0.15) is 0 Å². The maximum Gasteiger partial charge on any atom is 0.321 e. The van der Waals surface area contributed by atoms with Crippen LogP contribution in [0.3, 0.4) is 0 Å². The van der Waals surface area contributed by atoms with Crippen LogP contribution < -0.4 is 0 Å². The molecule has 0 aliphatic rings. The molecular weight excluding hydrogens is 287 g/mol. The van der Waals surface area contributed by atoms with Gasteiger partial charge in [0.15, 0.2) is 15.1 Å². The van der Waals surface area contributed by atoms with E-state index in [0.29, 0.717) is 10.6 Å². The van der Waals surface area contributed by atoms with Gasteiger partial charge in [-0.15, -0.1) is 0 Å². The number of benzene rings is 1. The van der Waals surface area contributed by atoms with E-state index in [1.54, 1.807) is 0 Å². The minimum absolute atomic E-state index is 0.238. The lowest BCUT2D eigenvalue weighted by Gasteiger charge is -2.09. The van der Waals surface area contributed by atoms with Crippen LogP contribution >= 0.6 is 23.2 Å². The summed E-state index contributed by atoms with van der Waals surface area (Å²) in [6, 6.07) is 4.39. The van der Waals surface area contributed by atoms with Gasteiger partial charge in [-0.25, -0.2) is 8.42 Å². The molecule has 1 atom stereocenters. The summed E-state index contributed by atoms with van der Waals surface area (Å²) in [6.07, 6.45) is 0. The van der Waals surface area contributed by atoms with E-state index < -0.39 is 21.1 Å². The zero-order valence-electron chi connectivity index (χ0n) is 8.85. The van der Waals surface area contributed by atoms with Crippen LogP contribution in [0.5, 0.6) is 0 Å². The molecule has 17 heavy (non-hydrogen) atoms. The minimum Gasteiger partial charge on any atom is -0.480 e. The lowest BCUT2D eigenvalue weighted by Crippen LogP contribution is -2.28. The normalized spacial score (nSPS) is 13.4. The van der Waals surface area contributed by atoms with Gasteiger partial charge in [0.25, 0.3) is 0 Å². The second-order valence-corrected chi connectivity index (χ2v) is 6.67. The molecule has 1 aromatic carbocycles. The van der Waals surface area contributed by atoms with E-state index in [9.17, 15) is 13.2 Å². The number of sulfone groups is 1. The minimum atomic E-state index is -3.74. The Balaban J connectivity index is 2.98. The summed E-state index contributed by atoms with van der Waals surface area (Å²) >= 11 is 11.4. The molecule has 0 aromatic heterocycles. The van der Waals surface area contributed by atoms with Crippen LogP contribution in [0.2, 0.25) is 10.0 Å². The molecule has 1 rings (SSSR count). The van der Waals surface area contributed by atoms with E-state index in [1.807, 2.05) is 0 Å². The lowest BCUT2D eigenvalue weighted by molar-refractivity contribution is -0.136. The zero-order chi connectivity index (χ0) is 13.2.